The molecule has 5 heteroatoms. The molecule has 1 aliphatic rings. The Morgan fingerprint density at radius 3 is 2.82 bits per heavy atom. The zero-order valence-electron chi connectivity index (χ0n) is 8.94. The fourth-order valence-electron chi connectivity index (χ4n) is 1.66. The molecule has 1 aromatic carbocycles. The van der Waals surface area contributed by atoms with Gasteiger partial charge in [-0.3, -0.25) is 0 Å². The normalized spacial score (nSPS) is 18.4. The topological polar surface area (TPSA) is 30.4 Å². The predicted octanol–water partition coefficient (Wildman–Crippen LogP) is 3.12. The van der Waals surface area contributed by atoms with Crippen LogP contribution in [0.5, 0.6) is 0 Å². The van der Waals surface area contributed by atoms with Crippen LogP contribution >= 0.6 is 23.2 Å². The van der Waals surface area contributed by atoms with Crippen molar-refractivity contribution >= 4 is 23.2 Å². The minimum Gasteiger partial charge on any atom is -0.373 e. The summed E-state index contributed by atoms with van der Waals surface area (Å²) >= 11 is 11.8. The summed E-state index contributed by atoms with van der Waals surface area (Å²) in [6.45, 7) is 0.847. The summed E-state index contributed by atoms with van der Waals surface area (Å²) in [5.41, 5.74) is 1.93. The van der Waals surface area contributed by atoms with Crippen LogP contribution in [-0.2, 0) is 11.2 Å². The van der Waals surface area contributed by atoms with E-state index in [2.05, 4.69) is 5.10 Å². The van der Waals surface area contributed by atoms with Crippen LogP contribution in [0.1, 0.15) is 5.69 Å². The summed E-state index contributed by atoms with van der Waals surface area (Å²) in [4.78, 5) is 0. The average molecular weight is 269 g/mol. The van der Waals surface area contributed by atoms with Crippen LogP contribution in [0, 0.1) is 0 Å². The number of ether oxygens (including phenoxy) is 1. The Morgan fingerprint density at radius 2 is 2.12 bits per heavy atom. The molecule has 0 N–H and O–H groups in total. The van der Waals surface area contributed by atoms with Crippen LogP contribution in [0.25, 0.3) is 5.69 Å². The molecule has 0 aliphatic carbocycles. The maximum atomic E-state index is 5.97. The number of aromatic nitrogens is 2. The van der Waals surface area contributed by atoms with E-state index in [1.165, 1.54) is 0 Å². The number of benzene rings is 1. The van der Waals surface area contributed by atoms with Crippen LogP contribution < -0.4 is 0 Å². The van der Waals surface area contributed by atoms with Gasteiger partial charge in [0, 0.05) is 12.6 Å². The molecule has 1 aliphatic heterocycles. The number of rotatable bonds is 3. The van der Waals surface area contributed by atoms with Gasteiger partial charge < -0.3 is 4.74 Å². The number of epoxide rings is 1. The molecular formula is C12H10Cl2N2O. The van der Waals surface area contributed by atoms with Gasteiger partial charge in [0.1, 0.15) is 0 Å². The van der Waals surface area contributed by atoms with E-state index in [9.17, 15) is 0 Å². The lowest BCUT2D eigenvalue weighted by molar-refractivity contribution is 0.406. The second-order valence-corrected chi connectivity index (χ2v) is 4.82. The molecule has 0 saturated carbocycles. The molecule has 2 aromatic rings. The van der Waals surface area contributed by atoms with E-state index in [4.69, 9.17) is 27.9 Å². The maximum absolute atomic E-state index is 5.97. The van der Waals surface area contributed by atoms with Crippen molar-refractivity contribution in [1.29, 1.82) is 0 Å². The van der Waals surface area contributed by atoms with Crippen molar-refractivity contribution in [2.75, 3.05) is 6.61 Å². The Balaban J connectivity index is 1.86. The Morgan fingerprint density at radius 1 is 1.29 bits per heavy atom. The minimum atomic E-state index is 0.354. The van der Waals surface area contributed by atoms with E-state index in [-0.39, 0.29) is 0 Å². The quantitative estimate of drug-likeness (QED) is 0.801. The lowest BCUT2D eigenvalue weighted by atomic mass is 10.2. The molecule has 1 atom stereocenters. The number of halogens is 2. The van der Waals surface area contributed by atoms with Gasteiger partial charge in [-0.2, -0.15) is 5.10 Å². The average Bonchev–Trinajstić information content (AvgIpc) is 2.99. The standard InChI is InChI=1S/C12H10Cl2N2O/c13-11-2-1-9(6-12(11)14)16-4-3-8(15-16)5-10-7-17-10/h1-4,6,10H,5,7H2. The fraction of sp³-hybridized carbons (Fsp3) is 0.250. The summed E-state index contributed by atoms with van der Waals surface area (Å²) in [5.74, 6) is 0. The lowest BCUT2D eigenvalue weighted by Gasteiger charge is -2.02. The smallest absolute Gasteiger partial charge is 0.0865 e. The summed E-state index contributed by atoms with van der Waals surface area (Å²) in [5, 5.41) is 5.55. The van der Waals surface area contributed by atoms with Gasteiger partial charge in [0.05, 0.1) is 34.1 Å². The molecule has 3 nitrogen and oxygen atoms in total. The Kier molecular flexibility index (Phi) is 2.82. The molecule has 0 spiro atoms. The molecule has 0 amide bonds. The monoisotopic (exact) mass is 268 g/mol. The largest absolute Gasteiger partial charge is 0.373 e. The number of nitrogens with zero attached hydrogens (tertiary/aromatic N) is 2. The molecule has 88 valence electrons. The van der Waals surface area contributed by atoms with Gasteiger partial charge in [-0.05, 0) is 24.3 Å². The van der Waals surface area contributed by atoms with Crippen molar-refractivity contribution in [3.8, 4) is 5.69 Å². The van der Waals surface area contributed by atoms with Crippen molar-refractivity contribution in [2.24, 2.45) is 0 Å². The summed E-state index contributed by atoms with van der Waals surface area (Å²) in [6, 6.07) is 7.45. The third kappa shape index (κ3) is 2.46. The van der Waals surface area contributed by atoms with Crippen molar-refractivity contribution < 1.29 is 4.74 Å². The molecule has 1 unspecified atom stereocenters. The van der Waals surface area contributed by atoms with E-state index in [0.29, 0.717) is 16.1 Å². The third-order valence-electron chi connectivity index (χ3n) is 2.65. The first-order valence-electron chi connectivity index (χ1n) is 5.34. The second-order valence-electron chi connectivity index (χ2n) is 4.01. The minimum absolute atomic E-state index is 0.354. The van der Waals surface area contributed by atoms with E-state index in [0.717, 1.165) is 24.4 Å². The van der Waals surface area contributed by atoms with Crippen LogP contribution in [-0.4, -0.2) is 22.5 Å². The van der Waals surface area contributed by atoms with Crippen molar-refractivity contribution in [3.05, 3.63) is 46.2 Å². The van der Waals surface area contributed by atoms with Crippen LogP contribution in [0.15, 0.2) is 30.5 Å². The first-order chi connectivity index (χ1) is 8.22. The lowest BCUT2D eigenvalue weighted by Crippen LogP contribution is -1.98. The van der Waals surface area contributed by atoms with Gasteiger partial charge in [0.2, 0.25) is 0 Å². The first-order valence-corrected chi connectivity index (χ1v) is 6.09. The molecule has 17 heavy (non-hydrogen) atoms. The van der Waals surface area contributed by atoms with Crippen molar-refractivity contribution in [3.63, 3.8) is 0 Å². The maximum Gasteiger partial charge on any atom is 0.0865 e. The highest BCUT2D eigenvalue weighted by molar-refractivity contribution is 6.42. The van der Waals surface area contributed by atoms with Crippen LogP contribution in [0.2, 0.25) is 10.0 Å². The molecule has 0 radical (unpaired) electrons. The third-order valence-corrected chi connectivity index (χ3v) is 3.39. The highest BCUT2D eigenvalue weighted by atomic mass is 35.5. The molecule has 3 rings (SSSR count). The molecule has 1 fully saturated rings. The van der Waals surface area contributed by atoms with Gasteiger partial charge in [-0.25, -0.2) is 4.68 Å². The number of hydrogen-bond acceptors (Lipinski definition) is 2. The van der Waals surface area contributed by atoms with Crippen LogP contribution in [0.3, 0.4) is 0 Å². The van der Waals surface area contributed by atoms with E-state index >= 15 is 0 Å². The van der Waals surface area contributed by atoms with E-state index in [1.54, 1.807) is 16.8 Å². The summed E-state index contributed by atoms with van der Waals surface area (Å²) in [6.07, 6.45) is 3.14. The molecule has 1 aromatic heterocycles. The highest BCUT2D eigenvalue weighted by Gasteiger charge is 2.23. The molecular weight excluding hydrogens is 259 g/mol. The Bertz CT molecular complexity index is 549. The SMILES string of the molecule is Clc1ccc(-n2ccc(CC3CO3)n2)cc1Cl. The van der Waals surface area contributed by atoms with Gasteiger partial charge in [0.15, 0.2) is 0 Å². The summed E-state index contributed by atoms with van der Waals surface area (Å²) < 4.78 is 6.97. The van der Waals surface area contributed by atoms with Crippen molar-refractivity contribution in [1.82, 2.24) is 9.78 Å². The second kappa shape index (κ2) is 4.33. The summed E-state index contributed by atoms with van der Waals surface area (Å²) in [7, 11) is 0. The van der Waals surface area contributed by atoms with Gasteiger partial charge in [0.25, 0.3) is 0 Å². The van der Waals surface area contributed by atoms with E-state index < -0.39 is 0 Å². The predicted molar refractivity (Wildman–Crippen MR) is 67.0 cm³/mol. The zero-order valence-corrected chi connectivity index (χ0v) is 10.4. The van der Waals surface area contributed by atoms with Crippen LogP contribution in [0.4, 0.5) is 0 Å². The molecule has 0 bridgehead atoms. The highest BCUT2D eigenvalue weighted by Crippen LogP contribution is 2.24. The first kappa shape index (κ1) is 11.1. The Hall–Kier alpha value is -1.03. The van der Waals surface area contributed by atoms with E-state index in [1.807, 2.05) is 18.3 Å². The number of hydrogen-bond donors (Lipinski definition) is 0. The van der Waals surface area contributed by atoms with Crippen molar-refractivity contribution in [2.45, 2.75) is 12.5 Å². The van der Waals surface area contributed by atoms with Gasteiger partial charge >= 0.3 is 0 Å². The van der Waals surface area contributed by atoms with Gasteiger partial charge in [-0.1, -0.05) is 23.2 Å². The fourth-order valence-corrected chi connectivity index (χ4v) is 1.95. The zero-order chi connectivity index (χ0) is 11.8. The Labute approximate surface area is 109 Å². The van der Waals surface area contributed by atoms with Gasteiger partial charge in [-0.15, -0.1) is 0 Å². The molecule has 2 heterocycles. The molecule has 1 saturated heterocycles.